The van der Waals surface area contributed by atoms with E-state index in [1.54, 1.807) is 6.92 Å². The second-order valence-corrected chi connectivity index (χ2v) is 7.51. The van der Waals surface area contributed by atoms with Gasteiger partial charge in [-0.3, -0.25) is 0 Å². The highest BCUT2D eigenvalue weighted by Gasteiger charge is 2.20. The summed E-state index contributed by atoms with van der Waals surface area (Å²) in [5.74, 6) is 0.568. The van der Waals surface area contributed by atoms with Crippen molar-refractivity contribution in [2.45, 2.75) is 44.1 Å². The summed E-state index contributed by atoms with van der Waals surface area (Å²) in [4.78, 5) is 0. The predicted octanol–water partition coefficient (Wildman–Crippen LogP) is 2.46. The summed E-state index contributed by atoms with van der Waals surface area (Å²) >= 11 is 0. The molecular formula is C14H23NO2S. The van der Waals surface area contributed by atoms with E-state index in [1.807, 2.05) is 24.3 Å². The van der Waals surface area contributed by atoms with Crippen LogP contribution in [0.15, 0.2) is 24.3 Å². The zero-order valence-electron chi connectivity index (χ0n) is 11.4. The van der Waals surface area contributed by atoms with Crippen molar-refractivity contribution in [3.05, 3.63) is 35.4 Å². The molecule has 1 aromatic rings. The Balaban J connectivity index is 2.78. The molecule has 0 saturated carbocycles. The maximum Gasteiger partial charge on any atom is 0.157 e. The van der Waals surface area contributed by atoms with Crippen molar-refractivity contribution in [2.75, 3.05) is 6.54 Å². The summed E-state index contributed by atoms with van der Waals surface area (Å²) in [6.07, 6.45) is 0.520. The van der Waals surface area contributed by atoms with Gasteiger partial charge < -0.3 is 5.73 Å². The third kappa shape index (κ3) is 4.10. The molecule has 1 atom stereocenters. The SMILES string of the molecule is CC(C)c1ccc(CS(=O)(=O)C(C)CCN)cc1. The van der Waals surface area contributed by atoms with Gasteiger partial charge in [0.1, 0.15) is 0 Å². The van der Waals surface area contributed by atoms with Crippen LogP contribution in [0.3, 0.4) is 0 Å². The van der Waals surface area contributed by atoms with Crippen LogP contribution in [0.2, 0.25) is 0 Å². The van der Waals surface area contributed by atoms with E-state index >= 15 is 0 Å². The van der Waals surface area contributed by atoms with Crippen LogP contribution >= 0.6 is 0 Å². The Morgan fingerprint density at radius 2 is 1.67 bits per heavy atom. The largest absolute Gasteiger partial charge is 0.330 e. The van der Waals surface area contributed by atoms with Crippen LogP contribution in [0.1, 0.15) is 44.2 Å². The van der Waals surface area contributed by atoms with E-state index in [9.17, 15) is 8.42 Å². The molecule has 2 N–H and O–H groups in total. The quantitative estimate of drug-likeness (QED) is 0.863. The minimum absolute atomic E-state index is 0.104. The van der Waals surface area contributed by atoms with E-state index in [0.29, 0.717) is 18.9 Å². The lowest BCUT2D eigenvalue weighted by molar-refractivity contribution is 0.577. The van der Waals surface area contributed by atoms with Gasteiger partial charge in [0.2, 0.25) is 0 Å². The number of benzene rings is 1. The lowest BCUT2D eigenvalue weighted by Crippen LogP contribution is -2.22. The topological polar surface area (TPSA) is 60.2 Å². The van der Waals surface area contributed by atoms with Gasteiger partial charge in [0.25, 0.3) is 0 Å². The van der Waals surface area contributed by atoms with Gasteiger partial charge in [-0.15, -0.1) is 0 Å². The van der Waals surface area contributed by atoms with Crippen LogP contribution in [-0.4, -0.2) is 20.2 Å². The van der Waals surface area contributed by atoms with Crippen molar-refractivity contribution in [3.8, 4) is 0 Å². The standard InChI is InChI=1S/C14H23NO2S/c1-11(2)14-6-4-13(5-7-14)10-18(16,17)12(3)8-9-15/h4-7,11-12H,8-10,15H2,1-3H3. The Morgan fingerprint density at radius 3 is 2.11 bits per heavy atom. The van der Waals surface area contributed by atoms with Crippen LogP contribution in [0.5, 0.6) is 0 Å². The summed E-state index contributed by atoms with van der Waals surface area (Å²) < 4.78 is 24.1. The van der Waals surface area contributed by atoms with E-state index < -0.39 is 9.84 Å². The summed E-state index contributed by atoms with van der Waals surface area (Å²) in [6.45, 7) is 6.38. The minimum atomic E-state index is -3.09. The third-order valence-corrected chi connectivity index (χ3v) is 5.40. The molecule has 0 aliphatic rings. The van der Waals surface area contributed by atoms with E-state index in [4.69, 9.17) is 5.73 Å². The summed E-state index contributed by atoms with van der Waals surface area (Å²) in [5.41, 5.74) is 7.49. The number of rotatable bonds is 6. The highest BCUT2D eigenvalue weighted by Crippen LogP contribution is 2.18. The molecule has 0 saturated heterocycles. The molecule has 1 aromatic carbocycles. The molecule has 0 aromatic heterocycles. The van der Waals surface area contributed by atoms with E-state index in [1.165, 1.54) is 5.56 Å². The fourth-order valence-electron chi connectivity index (χ4n) is 1.79. The van der Waals surface area contributed by atoms with Gasteiger partial charge in [0, 0.05) is 0 Å². The normalized spacial score (nSPS) is 13.8. The first kappa shape index (κ1) is 15.2. The van der Waals surface area contributed by atoms with Crippen LogP contribution in [0, 0.1) is 0 Å². The molecule has 102 valence electrons. The monoisotopic (exact) mass is 269 g/mol. The molecule has 0 spiro atoms. The van der Waals surface area contributed by atoms with E-state index in [0.717, 1.165) is 5.56 Å². The Labute approximate surface area is 110 Å². The average molecular weight is 269 g/mol. The minimum Gasteiger partial charge on any atom is -0.330 e. The Morgan fingerprint density at radius 1 is 1.11 bits per heavy atom. The van der Waals surface area contributed by atoms with Crippen LogP contribution < -0.4 is 5.73 Å². The van der Waals surface area contributed by atoms with Crippen molar-refractivity contribution >= 4 is 9.84 Å². The number of hydrogen-bond acceptors (Lipinski definition) is 3. The van der Waals surface area contributed by atoms with Crippen molar-refractivity contribution < 1.29 is 8.42 Å². The Bertz CT molecular complexity index is 463. The smallest absolute Gasteiger partial charge is 0.157 e. The van der Waals surface area contributed by atoms with Crippen molar-refractivity contribution in [2.24, 2.45) is 5.73 Å². The lowest BCUT2D eigenvalue weighted by Gasteiger charge is -2.12. The summed E-state index contributed by atoms with van der Waals surface area (Å²) in [5, 5.41) is -0.368. The lowest BCUT2D eigenvalue weighted by atomic mass is 10.0. The molecular weight excluding hydrogens is 246 g/mol. The van der Waals surface area contributed by atoms with Crippen molar-refractivity contribution in [1.29, 1.82) is 0 Å². The molecule has 0 fully saturated rings. The van der Waals surface area contributed by atoms with Crippen LogP contribution in [-0.2, 0) is 15.6 Å². The Kier molecular flexibility index (Phi) is 5.35. The van der Waals surface area contributed by atoms with Gasteiger partial charge in [-0.2, -0.15) is 0 Å². The molecule has 4 heteroatoms. The van der Waals surface area contributed by atoms with E-state index in [-0.39, 0.29) is 11.0 Å². The molecule has 1 rings (SSSR count). The number of hydrogen-bond donors (Lipinski definition) is 1. The molecule has 0 heterocycles. The molecule has 0 bridgehead atoms. The fraction of sp³-hybridized carbons (Fsp3) is 0.571. The maximum atomic E-state index is 12.1. The van der Waals surface area contributed by atoms with Crippen molar-refractivity contribution in [1.82, 2.24) is 0 Å². The second-order valence-electron chi connectivity index (χ2n) is 5.09. The molecule has 0 radical (unpaired) electrons. The molecule has 0 amide bonds. The first-order valence-corrected chi connectivity index (χ1v) is 8.09. The van der Waals surface area contributed by atoms with Gasteiger partial charge in [-0.25, -0.2) is 8.42 Å². The average Bonchev–Trinajstić information content (AvgIpc) is 2.29. The highest BCUT2D eigenvalue weighted by molar-refractivity contribution is 7.91. The first-order chi connectivity index (χ1) is 8.36. The molecule has 3 nitrogen and oxygen atoms in total. The van der Waals surface area contributed by atoms with Gasteiger partial charge >= 0.3 is 0 Å². The second kappa shape index (κ2) is 6.34. The van der Waals surface area contributed by atoms with Crippen LogP contribution in [0.4, 0.5) is 0 Å². The molecule has 1 unspecified atom stereocenters. The maximum absolute atomic E-state index is 12.1. The van der Waals surface area contributed by atoms with E-state index in [2.05, 4.69) is 13.8 Å². The van der Waals surface area contributed by atoms with Gasteiger partial charge in [-0.1, -0.05) is 38.1 Å². The van der Waals surface area contributed by atoms with Gasteiger partial charge in [0.05, 0.1) is 11.0 Å². The Hall–Kier alpha value is -0.870. The van der Waals surface area contributed by atoms with Crippen LogP contribution in [0.25, 0.3) is 0 Å². The zero-order chi connectivity index (χ0) is 13.8. The molecule has 0 aliphatic carbocycles. The third-order valence-electron chi connectivity index (χ3n) is 3.20. The summed E-state index contributed by atoms with van der Waals surface area (Å²) in [6, 6.07) is 7.82. The van der Waals surface area contributed by atoms with Crippen molar-refractivity contribution in [3.63, 3.8) is 0 Å². The first-order valence-electron chi connectivity index (χ1n) is 6.37. The molecule has 0 aliphatic heterocycles. The number of sulfone groups is 1. The fourth-order valence-corrected chi connectivity index (χ4v) is 3.22. The zero-order valence-corrected chi connectivity index (χ0v) is 12.2. The van der Waals surface area contributed by atoms with Gasteiger partial charge in [0.15, 0.2) is 9.84 Å². The highest BCUT2D eigenvalue weighted by atomic mass is 32.2. The van der Waals surface area contributed by atoms with Gasteiger partial charge in [-0.05, 0) is 36.9 Å². The number of nitrogens with two attached hydrogens (primary N) is 1. The molecule has 18 heavy (non-hydrogen) atoms. The summed E-state index contributed by atoms with van der Waals surface area (Å²) in [7, 11) is -3.09. The predicted molar refractivity (Wildman–Crippen MR) is 76.3 cm³/mol.